The predicted octanol–water partition coefficient (Wildman–Crippen LogP) is -0.581. The third-order valence-electron chi connectivity index (χ3n) is 3.30. The summed E-state index contributed by atoms with van der Waals surface area (Å²) in [5, 5.41) is 2.51. The van der Waals surface area contributed by atoms with Gasteiger partial charge in [0.15, 0.2) is 6.61 Å². The van der Waals surface area contributed by atoms with E-state index in [1.54, 1.807) is 18.2 Å². The number of aliphatic imine (C=N–C) groups is 1. The van der Waals surface area contributed by atoms with Crippen LogP contribution < -0.4 is 10.0 Å². The van der Waals surface area contributed by atoms with Gasteiger partial charge in [-0.2, -0.15) is 0 Å². The molecule has 0 saturated heterocycles. The molecule has 0 spiro atoms. The van der Waals surface area contributed by atoms with Crippen LogP contribution in [0.5, 0.6) is 0 Å². The molecule has 2 rings (SSSR count). The molecule has 10 heteroatoms. The Morgan fingerprint density at radius 3 is 2.76 bits per heavy atom. The van der Waals surface area contributed by atoms with Gasteiger partial charge in [0, 0.05) is 19.2 Å². The van der Waals surface area contributed by atoms with Crippen molar-refractivity contribution in [1.82, 2.24) is 10.0 Å². The summed E-state index contributed by atoms with van der Waals surface area (Å²) >= 11 is 0. The molecule has 136 valence electrons. The first-order chi connectivity index (χ1) is 11.8. The van der Waals surface area contributed by atoms with Crippen molar-refractivity contribution in [2.45, 2.75) is 17.9 Å². The fourth-order valence-corrected chi connectivity index (χ4v) is 3.32. The Kier molecular flexibility index (Phi) is 6.10. The number of benzene rings is 1. The minimum atomic E-state index is -3.67. The monoisotopic (exact) mass is 369 g/mol. The lowest BCUT2D eigenvalue weighted by atomic mass is 10.2. The summed E-state index contributed by atoms with van der Waals surface area (Å²) in [7, 11) is -2.17. The first-order valence-corrected chi connectivity index (χ1v) is 8.96. The van der Waals surface area contributed by atoms with Crippen LogP contribution in [0.25, 0.3) is 0 Å². The van der Waals surface area contributed by atoms with E-state index in [0.717, 1.165) is 0 Å². The normalized spacial score (nSPS) is 17.4. The van der Waals surface area contributed by atoms with Crippen molar-refractivity contribution < 1.29 is 27.5 Å². The number of ether oxygens (including phenoxy) is 2. The second-order valence-corrected chi connectivity index (χ2v) is 6.86. The first kappa shape index (κ1) is 18.9. The van der Waals surface area contributed by atoms with Crippen LogP contribution in [0.15, 0.2) is 34.2 Å². The van der Waals surface area contributed by atoms with E-state index in [2.05, 4.69) is 15.0 Å². The van der Waals surface area contributed by atoms with Crippen molar-refractivity contribution in [2.75, 3.05) is 26.9 Å². The topological polar surface area (TPSA) is 123 Å². The molecular formula is C15H19N3O6S. The highest BCUT2D eigenvalue weighted by Gasteiger charge is 2.31. The number of carbonyl (C=O) groups excluding carboxylic acids is 2. The van der Waals surface area contributed by atoms with E-state index >= 15 is 0 Å². The summed E-state index contributed by atoms with van der Waals surface area (Å²) in [5.74, 6) is -1.13. The molecule has 0 saturated carbocycles. The van der Waals surface area contributed by atoms with Crippen LogP contribution in [0.4, 0.5) is 0 Å². The van der Waals surface area contributed by atoms with Crippen molar-refractivity contribution in [3.63, 3.8) is 0 Å². The minimum absolute atomic E-state index is 0.0737. The molecule has 0 aliphatic carbocycles. The van der Waals surface area contributed by atoms with Gasteiger partial charge in [-0.05, 0) is 19.1 Å². The van der Waals surface area contributed by atoms with Gasteiger partial charge in [-0.1, -0.05) is 12.1 Å². The number of amides is 1. The average Bonchev–Trinajstić information content (AvgIpc) is 2.84. The molecule has 0 aromatic heterocycles. The summed E-state index contributed by atoms with van der Waals surface area (Å²) < 4.78 is 35.9. The van der Waals surface area contributed by atoms with E-state index < -0.39 is 34.5 Å². The van der Waals surface area contributed by atoms with Gasteiger partial charge in [-0.25, -0.2) is 13.2 Å². The Bertz CT molecular complexity index is 790. The predicted molar refractivity (Wildman–Crippen MR) is 88.6 cm³/mol. The molecule has 1 heterocycles. The largest absolute Gasteiger partial charge is 0.454 e. The number of hydrogen-bond acceptors (Lipinski definition) is 7. The Morgan fingerprint density at radius 2 is 2.04 bits per heavy atom. The SMILES string of the molecule is COCCNC(=O)COC(=O)[C@H](C)N=C1NS(=O)(=O)c2ccccc21. The molecule has 1 aliphatic rings. The minimum Gasteiger partial charge on any atom is -0.454 e. The molecule has 0 fully saturated rings. The maximum absolute atomic E-state index is 12.0. The maximum Gasteiger partial charge on any atom is 0.331 e. The van der Waals surface area contributed by atoms with Crippen LogP contribution in [0, 0.1) is 0 Å². The Morgan fingerprint density at radius 1 is 1.32 bits per heavy atom. The van der Waals surface area contributed by atoms with E-state index in [1.807, 2.05) is 0 Å². The van der Waals surface area contributed by atoms with E-state index in [-0.39, 0.29) is 10.7 Å². The molecule has 1 aromatic rings. The fraction of sp³-hybridized carbons (Fsp3) is 0.400. The fourth-order valence-electron chi connectivity index (χ4n) is 2.08. The second-order valence-electron chi connectivity index (χ2n) is 5.21. The molecule has 0 bridgehead atoms. The standard InChI is InChI=1S/C15H19N3O6S/c1-10(15(20)24-9-13(19)16-7-8-23-2)17-14-11-5-3-4-6-12(11)25(21,22)18-14/h3-6,10H,7-9H2,1-2H3,(H,16,19)(H,17,18)/t10-/m0/s1. The Labute approximate surface area is 145 Å². The number of methoxy groups -OCH3 is 1. The number of sulfonamides is 1. The van der Waals surface area contributed by atoms with Gasteiger partial charge in [0.05, 0.1) is 11.5 Å². The van der Waals surface area contributed by atoms with Gasteiger partial charge in [0.1, 0.15) is 11.9 Å². The van der Waals surface area contributed by atoms with Crippen LogP contribution in [0.1, 0.15) is 12.5 Å². The molecule has 1 aliphatic heterocycles. The third-order valence-corrected chi connectivity index (χ3v) is 4.70. The highest BCUT2D eigenvalue weighted by atomic mass is 32.2. The van der Waals surface area contributed by atoms with Crippen molar-refractivity contribution in [3.8, 4) is 0 Å². The lowest BCUT2D eigenvalue weighted by molar-refractivity contribution is -0.149. The number of amidine groups is 1. The number of nitrogens with one attached hydrogen (secondary N) is 2. The van der Waals surface area contributed by atoms with Gasteiger partial charge >= 0.3 is 5.97 Å². The zero-order chi connectivity index (χ0) is 18.4. The van der Waals surface area contributed by atoms with Crippen LogP contribution in [-0.2, 0) is 29.1 Å². The molecule has 0 radical (unpaired) electrons. The molecule has 2 N–H and O–H groups in total. The van der Waals surface area contributed by atoms with E-state index in [9.17, 15) is 18.0 Å². The number of fused-ring (bicyclic) bond motifs is 1. The average molecular weight is 369 g/mol. The van der Waals surface area contributed by atoms with Crippen molar-refractivity contribution in [2.24, 2.45) is 4.99 Å². The number of carbonyl (C=O) groups is 2. The highest BCUT2D eigenvalue weighted by Crippen LogP contribution is 2.22. The lowest BCUT2D eigenvalue weighted by Gasteiger charge is -2.09. The molecule has 1 atom stereocenters. The molecule has 9 nitrogen and oxygen atoms in total. The van der Waals surface area contributed by atoms with E-state index in [4.69, 9.17) is 9.47 Å². The second kappa shape index (κ2) is 8.08. The van der Waals surface area contributed by atoms with Crippen molar-refractivity contribution >= 4 is 27.7 Å². The van der Waals surface area contributed by atoms with E-state index in [0.29, 0.717) is 18.7 Å². The van der Waals surface area contributed by atoms with Gasteiger partial charge in [-0.3, -0.25) is 14.5 Å². The summed E-state index contributed by atoms with van der Waals surface area (Å²) in [5.41, 5.74) is 0.388. The summed E-state index contributed by atoms with van der Waals surface area (Å²) in [4.78, 5) is 27.6. The molecule has 1 aromatic carbocycles. The van der Waals surface area contributed by atoms with Gasteiger partial charge in [0.25, 0.3) is 15.9 Å². The van der Waals surface area contributed by atoms with Crippen LogP contribution >= 0.6 is 0 Å². The molecular weight excluding hydrogens is 350 g/mol. The summed E-state index contributed by atoms with van der Waals surface area (Å²) in [6.07, 6.45) is 0. The van der Waals surface area contributed by atoms with Crippen molar-refractivity contribution in [1.29, 1.82) is 0 Å². The smallest absolute Gasteiger partial charge is 0.331 e. The maximum atomic E-state index is 12.0. The molecule has 25 heavy (non-hydrogen) atoms. The van der Waals surface area contributed by atoms with Crippen LogP contribution in [-0.4, -0.2) is 59.0 Å². The number of nitrogens with zero attached hydrogens (tertiary/aromatic N) is 1. The number of rotatable bonds is 7. The van der Waals surface area contributed by atoms with Gasteiger partial charge < -0.3 is 14.8 Å². The van der Waals surface area contributed by atoms with Gasteiger partial charge in [-0.15, -0.1) is 0 Å². The summed E-state index contributed by atoms with van der Waals surface area (Å²) in [6, 6.07) is 5.33. The molecule has 1 amide bonds. The van der Waals surface area contributed by atoms with E-state index in [1.165, 1.54) is 20.1 Å². The van der Waals surface area contributed by atoms with Crippen LogP contribution in [0.3, 0.4) is 0 Å². The number of hydrogen-bond donors (Lipinski definition) is 2. The third kappa shape index (κ3) is 4.77. The number of esters is 1. The molecule has 0 unspecified atom stereocenters. The zero-order valence-electron chi connectivity index (χ0n) is 13.8. The van der Waals surface area contributed by atoms with Crippen LogP contribution in [0.2, 0.25) is 0 Å². The summed E-state index contributed by atoms with van der Waals surface area (Å²) in [6.45, 7) is 1.67. The quantitative estimate of drug-likeness (QED) is 0.490. The Hall–Kier alpha value is -2.46. The van der Waals surface area contributed by atoms with Crippen molar-refractivity contribution in [3.05, 3.63) is 29.8 Å². The lowest BCUT2D eigenvalue weighted by Crippen LogP contribution is -2.33. The Balaban J connectivity index is 1.97. The highest BCUT2D eigenvalue weighted by molar-refractivity contribution is 7.90. The van der Waals surface area contributed by atoms with Gasteiger partial charge in [0.2, 0.25) is 0 Å². The zero-order valence-corrected chi connectivity index (χ0v) is 14.6. The first-order valence-electron chi connectivity index (χ1n) is 7.47.